The van der Waals surface area contributed by atoms with Gasteiger partial charge in [-0.05, 0) is 53.8 Å². The van der Waals surface area contributed by atoms with Crippen molar-refractivity contribution in [3.63, 3.8) is 0 Å². The Hall–Kier alpha value is 0.320. The first-order chi connectivity index (χ1) is 7.24. The SMILES string of the molecule is CSC1(CNCc2ccc(I)o2)CCC1. The summed E-state index contributed by atoms with van der Waals surface area (Å²) >= 11 is 4.20. The molecule has 0 unspecified atom stereocenters. The molecule has 1 aromatic heterocycles. The van der Waals surface area contributed by atoms with Gasteiger partial charge in [-0.2, -0.15) is 11.8 Å². The zero-order chi connectivity index (χ0) is 10.7. The topological polar surface area (TPSA) is 25.2 Å². The smallest absolute Gasteiger partial charge is 0.164 e. The minimum atomic E-state index is 0.514. The number of furan rings is 1. The molecule has 1 N–H and O–H groups in total. The average Bonchev–Trinajstić information content (AvgIpc) is 2.56. The molecule has 4 heteroatoms. The second-order valence-electron chi connectivity index (χ2n) is 4.05. The van der Waals surface area contributed by atoms with Crippen molar-refractivity contribution in [1.82, 2.24) is 5.32 Å². The minimum Gasteiger partial charge on any atom is -0.454 e. The Kier molecular flexibility index (Phi) is 4.01. The van der Waals surface area contributed by atoms with Gasteiger partial charge in [-0.3, -0.25) is 0 Å². The Morgan fingerprint density at radius 3 is 2.80 bits per heavy atom. The predicted octanol–water partition coefficient (Wildman–Crippen LogP) is 3.26. The highest BCUT2D eigenvalue weighted by Gasteiger charge is 2.35. The maximum atomic E-state index is 5.50. The van der Waals surface area contributed by atoms with Gasteiger partial charge in [0.2, 0.25) is 0 Å². The van der Waals surface area contributed by atoms with Crippen LogP contribution >= 0.6 is 34.4 Å². The van der Waals surface area contributed by atoms with Crippen molar-refractivity contribution in [2.75, 3.05) is 12.8 Å². The fourth-order valence-electron chi connectivity index (χ4n) is 1.88. The van der Waals surface area contributed by atoms with Crippen LogP contribution in [-0.4, -0.2) is 17.5 Å². The van der Waals surface area contributed by atoms with E-state index in [0.29, 0.717) is 4.75 Å². The van der Waals surface area contributed by atoms with E-state index in [1.807, 2.05) is 23.9 Å². The van der Waals surface area contributed by atoms with Gasteiger partial charge in [0, 0.05) is 11.3 Å². The molecule has 1 saturated carbocycles. The molecule has 2 rings (SSSR count). The lowest BCUT2D eigenvalue weighted by atomic mass is 9.84. The van der Waals surface area contributed by atoms with Crippen LogP contribution in [0.3, 0.4) is 0 Å². The van der Waals surface area contributed by atoms with Crippen LogP contribution in [0.15, 0.2) is 16.5 Å². The fourth-order valence-corrected chi connectivity index (χ4v) is 3.29. The summed E-state index contributed by atoms with van der Waals surface area (Å²) in [6, 6.07) is 4.05. The largest absolute Gasteiger partial charge is 0.454 e. The highest BCUT2D eigenvalue weighted by molar-refractivity contribution is 14.1. The number of halogens is 1. The van der Waals surface area contributed by atoms with Gasteiger partial charge >= 0.3 is 0 Å². The van der Waals surface area contributed by atoms with Gasteiger partial charge in [0.05, 0.1) is 6.54 Å². The molecule has 0 atom stereocenters. The Bertz CT molecular complexity index is 317. The average molecular weight is 337 g/mol. The molecular formula is C11H16INOS. The highest BCUT2D eigenvalue weighted by Crippen LogP contribution is 2.42. The standard InChI is InChI=1S/C11H16INOS/c1-15-11(5-2-6-11)8-13-7-9-3-4-10(12)14-9/h3-4,13H,2,5-8H2,1H3. The van der Waals surface area contributed by atoms with Gasteiger partial charge < -0.3 is 9.73 Å². The molecule has 1 aliphatic carbocycles. The van der Waals surface area contributed by atoms with Crippen LogP contribution in [-0.2, 0) is 6.54 Å². The molecule has 0 spiro atoms. The van der Waals surface area contributed by atoms with Crippen molar-refractivity contribution in [1.29, 1.82) is 0 Å². The van der Waals surface area contributed by atoms with E-state index in [4.69, 9.17) is 4.42 Å². The number of rotatable bonds is 5. The third-order valence-electron chi connectivity index (χ3n) is 3.07. The molecule has 0 aromatic carbocycles. The zero-order valence-corrected chi connectivity index (χ0v) is 11.9. The number of hydrogen-bond donors (Lipinski definition) is 1. The van der Waals surface area contributed by atoms with Crippen molar-refractivity contribution in [3.8, 4) is 0 Å². The van der Waals surface area contributed by atoms with Gasteiger partial charge in [-0.25, -0.2) is 0 Å². The van der Waals surface area contributed by atoms with E-state index in [9.17, 15) is 0 Å². The normalized spacial score (nSPS) is 18.8. The lowest BCUT2D eigenvalue weighted by Crippen LogP contribution is -2.43. The molecule has 1 fully saturated rings. The van der Waals surface area contributed by atoms with Crippen LogP contribution in [0.25, 0.3) is 0 Å². The molecule has 1 aliphatic rings. The molecule has 1 heterocycles. The molecule has 0 amide bonds. The zero-order valence-electron chi connectivity index (χ0n) is 8.88. The molecule has 84 valence electrons. The van der Waals surface area contributed by atoms with E-state index in [-0.39, 0.29) is 0 Å². The van der Waals surface area contributed by atoms with Gasteiger partial charge in [0.25, 0.3) is 0 Å². The van der Waals surface area contributed by atoms with Crippen molar-refractivity contribution in [2.24, 2.45) is 0 Å². The highest BCUT2D eigenvalue weighted by atomic mass is 127. The minimum absolute atomic E-state index is 0.514. The van der Waals surface area contributed by atoms with Crippen LogP contribution < -0.4 is 5.32 Å². The Balaban J connectivity index is 1.74. The number of hydrogen-bond acceptors (Lipinski definition) is 3. The van der Waals surface area contributed by atoms with Crippen LogP contribution in [0.4, 0.5) is 0 Å². The Morgan fingerprint density at radius 1 is 1.53 bits per heavy atom. The van der Waals surface area contributed by atoms with Gasteiger partial charge in [0.15, 0.2) is 3.77 Å². The van der Waals surface area contributed by atoms with Gasteiger partial charge in [-0.1, -0.05) is 6.42 Å². The molecule has 2 nitrogen and oxygen atoms in total. The third kappa shape index (κ3) is 2.91. The lowest BCUT2D eigenvalue weighted by molar-refractivity contribution is 0.338. The van der Waals surface area contributed by atoms with Crippen molar-refractivity contribution in [2.45, 2.75) is 30.6 Å². The van der Waals surface area contributed by atoms with Crippen molar-refractivity contribution >= 4 is 34.4 Å². The quantitative estimate of drug-likeness (QED) is 0.835. The lowest BCUT2D eigenvalue weighted by Gasteiger charge is -2.40. The molecule has 15 heavy (non-hydrogen) atoms. The summed E-state index contributed by atoms with van der Waals surface area (Å²) in [4.78, 5) is 0. The molecule has 1 aromatic rings. The van der Waals surface area contributed by atoms with E-state index in [1.165, 1.54) is 19.3 Å². The summed E-state index contributed by atoms with van der Waals surface area (Å²) in [6.45, 7) is 1.96. The summed E-state index contributed by atoms with van der Waals surface area (Å²) in [5.41, 5.74) is 0. The monoisotopic (exact) mass is 337 g/mol. The van der Waals surface area contributed by atoms with Crippen LogP contribution in [0, 0.1) is 3.77 Å². The Labute approximate surface area is 109 Å². The predicted molar refractivity (Wildman–Crippen MR) is 73.2 cm³/mol. The first-order valence-electron chi connectivity index (χ1n) is 5.24. The maximum Gasteiger partial charge on any atom is 0.164 e. The van der Waals surface area contributed by atoms with Gasteiger partial charge in [0.1, 0.15) is 5.76 Å². The van der Waals surface area contributed by atoms with Crippen LogP contribution in [0.5, 0.6) is 0 Å². The summed E-state index contributed by atoms with van der Waals surface area (Å²) in [6.07, 6.45) is 6.32. The number of nitrogens with one attached hydrogen (secondary N) is 1. The Morgan fingerprint density at radius 2 is 2.33 bits per heavy atom. The van der Waals surface area contributed by atoms with Crippen LogP contribution in [0.2, 0.25) is 0 Å². The van der Waals surface area contributed by atoms with E-state index in [1.54, 1.807) is 0 Å². The molecule has 0 bridgehead atoms. The van der Waals surface area contributed by atoms with Crippen molar-refractivity contribution in [3.05, 3.63) is 21.7 Å². The number of thioether (sulfide) groups is 1. The summed E-state index contributed by atoms with van der Waals surface area (Å²) < 4.78 is 6.98. The van der Waals surface area contributed by atoms with E-state index >= 15 is 0 Å². The van der Waals surface area contributed by atoms with E-state index < -0.39 is 0 Å². The maximum absolute atomic E-state index is 5.50. The molecule has 0 saturated heterocycles. The summed E-state index contributed by atoms with van der Waals surface area (Å²) in [5, 5.41) is 3.49. The van der Waals surface area contributed by atoms with Gasteiger partial charge in [-0.15, -0.1) is 0 Å². The van der Waals surface area contributed by atoms with E-state index in [2.05, 4.69) is 34.2 Å². The van der Waals surface area contributed by atoms with E-state index in [0.717, 1.165) is 22.6 Å². The molecule has 0 radical (unpaired) electrons. The first kappa shape index (κ1) is 11.8. The molecule has 0 aliphatic heterocycles. The van der Waals surface area contributed by atoms with Crippen LogP contribution in [0.1, 0.15) is 25.0 Å². The second kappa shape index (κ2) is 5.10. The fraction of sp³-hybridized carbons (Fsp3) is 0.636. The second-order valence-corrected chi connectivity index (χ2v) is 6.39. The third-order valence-corrected chi connectivity index (χ3v) is 5.07. The summed E-state index contributed by atoms with van der Waals surface area (Å²) in [5.74, 6) is 1.04. The summed E-state index contributed by atoms with van der Waals surface area (Å²) in [7, 11) is 0. The van der Waals surface area contributed by atoms with Crippen molar-refractivity contribution < 1.29 is 4.42 Å². The first-order valence-corrected chi connectivity index (χ1v) is 7.55. The molecular weight excluding hydrogens is 321 g/mol.